The highest BCUT2D eigenvalue weighted by Gasteiger charge is 2.80. The van der Waals surface area contributed by atoms with Gasteiger partial charge in [-0.3, -0.25) is 4.90 Å². The van der Waals surface area contributed by atoms with Gasteiger partial charge in [-0.15, -0.1) is 11.3 Å². The van der Waals surface area contributed by atoms with Crippen LogP contribution in [0.15, 0.2) is 40.7 Å². The van der Waals surface area contributed by atoms with Crippen LogP contribution in [0.2, 0.25) is 0 Å². The van der Waals surface area contributed by atoms with Crippen molar-refractivity contribution in [2.24, 2.45) is 17.3 Å². The third kappa shape index (κ3) is 2.93. The second-order valence-corrected chi connectivity index (χ2v) is 15.3. The number of hydrogen-bond acceptors (Lipinski definition) is 7. The number of nitrogens with zero attached hydrogens (tertiary/aromatic N) is 2. The minimum Gasteiger partial charge on any atom is -0.493 e. The first-order valence-electron chi connectivity index (χ1n) is 14.8. The summed E-state index contributed by atoms with van der Waals surface area (Å²) in [5.41, 5.74) is 4.08. The number of thioether (sulfide) groups is 1. The number of piperidine rings is 1. The first kappa shape index (κ1) is 23.9. The van der Waals surface area contributed by atoms with Gasteiger partial charge >= 0.3 is 0 Å². The molecule has 6 atom stereocenters. The summed E-state index contributed by atoms with van der Waals surface area (Å²) in [7, 11) is 3.75. The highest BCUT2D eigenvalue weighted by atomic mass is 32.2. The Morgan fingerprint density at radius 3 is 2.85 bits per heavy atom. The van der Waals surface area contributed by atoms with Crippen LogP contribution >= 0.6 is 23.1 Å². The van der Waals surface area contributed by atoms with E-state index in [0.717, 1.165) is 41.5 Å². The van der Waals surface area contributed by atoms with Gasteiger partial charge < -0.3 is 14.2 Å². The Labute approximate surface area is 238 Å². The van der Waals surface area contributed by atoms with E-state index in [-0.39, 0.29) is 22.5 Å². The normalized spacial score (nSPS) is 37.6. The molecule has 1 unspecified atom stereocenters. The van der Waals surface area contributed by atoms with Crippen LogP contribution < -0.4 is 9.47 Å². The van der Waals surface area contributed by atoms with E-state index in [1.54, 1.807) is 7.11 Å². The fourth-order valence-corrected chi connectivity index (χ4v) is 12.3. The van der Waals surface area contributed by atoms with Crippen LogP contribution in [-0.2, 0) is 16.6 Å². The minimum absolute atomic E-state index is 0.0282. The van der Waals surface area contributed by atoms with Crippen molar-refractivity contribution in [1.82, 2.24) is 9.88 Å². The SMILES string of the molecule is COc1ccc2c3c1O[C@H]1[C@@]4(OC)CC[C@@]5(C[C@@H]4CSc4nc6ccccc6s4)C(C2)N(CC2CC2)CC[C@]315. The van der Waals surface area contributed by atoms with E-state index in [1.807, 2.05) is 30.2 Å². The lowest BCUT2D eigenvalue weighted by Gasteiger charge is -2.74. The van der Waals surface area contributed by atoms with Gasteiger partial charge in [-0.25, -0.2) is 4.98 Å². The average molecular weight is 561 g/mol. The fourth-order valence-electron chi connectivity index (χ4n) is 9.98. The molecule has 5 aliphatic carbocycles. The average Bonchev–Trinajstić information content (AvgIpc) is 3.56. The monoisotopic (exact) mass is 560 g/mol. The van der Waals surface area contributed by atoms with Gasteiger partial charge in [0, 0.05) is 47.8 Å². The molecule has 1 saturated heterocycles. The number of fused-ring (bicyclic) bond motifs is 3. The predicted molar refractivity (Wildman–Crippen MR) is 155 cm³/mol. The lowest BCUT2D eigenvalue weighted by atomic mass is 9.35. The topological polar surface area (TPSA) is 43.8 Å². The zero-order valence-corrected chi connectivity index (χ0v) is 24.4. The Morgan fingerprint density at radius 2 is 2.03 bits per heavy atom. The summed E-state index contributed by atoms with van der Waals surface area (Å²) in [5, 5.41) is 0. The lowest BCUT2D eigenvalue weighted by molar-refractivity contribution is -0.273. The van der Waals surface area contributed by atoms with Gasteiger partial charge in [0.15, 0.2) is 15.8 Å². The molecule has 0 amide bonds. The third-order valence-electron chi connectivity index (χ3n) is 11.7. The van der Waals surface area contributed by atoms with Crippen LogP contribution in [0.1, 0.15) is 49.7 Å². The molecule has 4 bridgehead atoms. The number of para-hydroxylation sites is 1. The molecule has 2 aromatic carbocycles. The van der Waals surface area contributed by atoms with Crippen LogP contribution in [0, 0.1) is 17.3 Å². The Hall–Kier alpha value is -1.80. The molecule has 4 saturated carbocycles. The number of thiazole rings is 1. The van der Waals surface area contributed by atoms with Gasteiger partial charge in [-0.1, -0.05) is 30.0 Å². The summed E-state index contributed by atoms with van der Waals surface area (Å²) >= 11 is 3.76. The number of ether oxygens (including phenoxy) is 3. The maximum absolute atomic E-state index is 7.19. The lowest BCUT2D eigenvalue weighted by Crippen LogP contribution is -2.81. The number of aromatic nitrogens is 1. The van der Waals surface area contributed by atoms with Crippen LogP contribution in [-0.4, -0.2) is 60.7 Å². The molecule has 7 heteroatoms. The van der Waals surface area contributed by atoms with E-state index < -0.39 is 0 Å². The van der Waals surface area contributed by atoms with Crippen LogP contribution in [0.3, 0.4) is 0 Å². The zero-order chi connectivity index (χ0) is 26.0. The highest BCUT2D eigenvalue weighted by molar-refractivity contribution is 8.01. The second kappa shape index (κ2) is 8.15. The summed E-state index contributed by atoms with van der Waals surface area (Å²) in [5.74, 6) is 4.30. The Balaban J connectivity index is 1.16. The molecule has 3 heterocycles. The number of likely N-dealkylation sites (tertiary alicyclic amines) is 1. The highest BCUT2D eigenvalue weighted by Crippen LogP contribution is 2.77. The summed E-state index contributed by atoms with van der Waals surface area (Å²) in [4.78, 5) is 7.89. The maximum Gasteiger partial charge on any atom is 0.165 e. The van der Waals surface area contributed by atoms with E-state index in [1.165, 1.54) is 65.4 Å². The molecular formula is C32H36N2O3S2. The van der Waals surface area contributed by atoms with E-state index in [4.69, 9.17) is 19.2 Å². The van der Waals surface area contributed by atoms with Crippen molar-refractivity contribution in [1.29, 1.82) is 0 Å². The van der Waals surface area contributed by atoms with E-state index in [2.05, 4.69) is 41.3 Å². The zero-order valence-electron chi connectivity index (χ0n) is 22.8. The number of rotatable bonds is 7. The number of methoxy groups -OCH3 is 2. The largest absolute Gasteiger partial charge is 0.493 e. The van der Waals surface area contributed by atoms with Gasteiger partial charge in [0.25, 0.3) is 0 Å². The first-order valence-corrected chi connectivity index (χ1v) is 16.6. The Morgan fingerprint density at radius 1 is 1.13 bits per heavy atom. The van der Waals surface area contributed by atoms with Crippen LogP contribution in [0.4, 0.5) is 0 Å². The van der Waals surface area contributed by atoms with Crippen molar-refractivity contribution in [2.75, 3.05) is 33.1 Å². The molecule has 3 aromatic rings. The molecular weight excluding hydrogens is 524 g/mol. The van der Waals surface area contributed by atoms with E-state index in [0.29, 0.717) is 12.0 Å². The maximum atomic E-state index is 7.19. The first-order chi connectivity index (χ1) is 19.1. The van der Waals surface area contributed by atoms with Gasteiger partial charge in [-0.05, 0) is 81.2 Å². The summed E-state index contributed by atoms with van der Waals surface area (Å²) in [6, 6.07) is 13.6. The van der Waals surface area contributed by atoms with Crippen molar-refractivity contribution in [3.8, 4) is 11.5 Å². The summed E-state index contributed by atoms with van der Waals surface area (Å²) in [6.45, 7) is 2.47. The van der Waals surface area contributed by atoms with Gasteiger partial charge in [-0.2, -0.15) is 0 Å². The molecule has 2 spiro atoms. The molecule has 1 aromatic heterocycles. The minimum atomic E-state index is -0.284. The summed E-state index contributed by atoms with van der Waals surface area (Å²) < 4.78 is 22.3. The standard InChI is InChI=1S/C32H36N2O3S2/c1-35-23-10-9-20-15-25-30-11-12-32(36-2,21(16-30)18-38-29-33-22-5-3-4-6-24(22)39-29)28-31(30,26(20)27(23)37-28)13-14-34(25)17-19-7-8-19/h3-6,9-10,19,21,25,28H,7-8,11-18H2,1-2H3/t21-,25?,28-,30-,31+,32-/m1/s1. The van der Waals surface area contributed by atoms with Crippen molar-refractivity contribution >= 4 is 33.3 Å². The van der Waals surface area contributed by atoms with Gasteiger partial charge in [0.05, 0.1) is 17.3 Å². The van der Waals surface area contributed by atoms with Gasteiger partial charge in [0.1, 0.15) is 11.7 Å². The Kier molecular flexibility index (Phi) is 4.98. The molecule has 204 valence electrons. The molecule has 39 heavy (non-hydrogen) atoms. The smallest absolute Gasteiger partial charge is 0.165 e. The van der Waals surface area contributed by atoms with Crippen molar-refractivity contribution < 1.29 is 14.2 Å². The molecule has 5 nitrogen and oxygen atoms in total. The predicted octanol–water partition coefficient (Wildman–Crippen LogP) is 6.32. The molecule has 2 aliphatic heterocycles. The van der Waals surface area contributed by atoms with Crippen LogP contribution in [0.5, 0.6) is 11.5 Å². The molecule has 10 rings (SSSR count). The van der Waals surface area contributed by atoms with Crippen molar-refractivity contribution in [3.63, 3.8) is 0 Å². The van der Waals surface area contributed by atoms with Gasteiger partial charge in [0.2, 0.25) is 0 Å². The van der Waals surface area contributed by atoms with Crippen molar-refractivity contribution in [3.05, 3.63) is 47.5 Å². The molecule has 0 radical (unpaired) electrons. The number of hydrogen-bond donors (Lipinski definition) is 0. The second-order valence-electron chi connectivity index (χ2n) is 13.0. The molecule has 0 N–H and O–H groups in total. The van der Waals surface area contributed by atoms with Crippen molar-refractivity contribution in [2.45, 2.75) is 72.4 Å². The molecule has 7 aliphatic rings. The third-order valence-corrected chi connectivity index (χ3v) is 14.0. The quantitative estimate of drug-likeness (QED) is 0.315. The van der Waals surface area contributed by atoms with E-state index in [9.17, 15) is 0 Å². The molecule has 5 fully saturated rings. The number of benzene rings is 2. The van der Waals surface area contributed by atoms with Crippen LogP contribution in [0.25, 0.3) is 10.2 Å². The fraction of sp³-hybridized carbons (Fsp3) is 0.594. The summed E-state index contributed by atoms with van der Waals surface area (Å²) in [6.07, 6.45) is 8.75. The Bertz CT molecular complexity index is 1450. The van der Waals surface area contributed by atoms with E-state index >= 15 is 0 Å².